The highest BCUT2D eigenvalue weighted by atomic mass is 127. The Balaban J connectivity index is 0. The minimum atomic E-state index is 0. The van der Waals surface area contributed by atoms with Crippen LogP contribution < -0.4 is 10.6 Å². The van der Waals surface area contributed by atoms with Gasteiger partial charge in [-0.2, -0.15) is 0 Å². The third-order valence-corrected chi connectivity index (χ3v) is 3.59. The van der Waals surface area contributed by atoms with Crippen LogP contribution in [0, 0.1) is 0 Å². The molecule has 0 aliphatic heterocycles. The van der Waals surface area contributed by atoms with Gasteiger partial charge in [0, 0.05) is 38.3 Å². The van der Waals surface area contributed by atoms with Crippen LogP contribution in [0.25, 0.3) is 0 Å². The fourth-order valence-corrected chi connectivity index (χ4v) is 2.50. The highest BCUT2D eigenvalue weighted by Gasteiger charge is 2.12. The van der Waals surface area contributed by atoms with Crippen molar-refractivity contribution in [2.24, 2.45) is 4.99 Å². The fraction of sp³-hybridized carbons (Fsp3) is 0.941. The summed E-state index contributed by atoms with van der Waals surface area (Å²) in [5.74, 6) is 0.946. The average molecular weight is 441 g/mol. The smallest absolute Gasteiger partial charge is 0.191 e. The summed E-state index contributed by atoms with van der Waals surface area (Å²) in [6.45, 7) is 16.1. The summed E-state index contributed by atoms with van der Waals surface area (Å²) >= 11 is 0. The second-order valence-corrected chi connectivity index (χ2v) is 6.62. The van der Waals surface area contributed by atoms with E-state index >= 15 is 0 Å². The van der Waals surface area contributed by atoms with Crippen LogP contribution in [0.1, 0.15) is 47.5 Å². The predicted molar refractivity (Wildman–Crippen MR) is 114 cm³/mol. The molecule has 0 rings (SSSR count). The van der Waals surface area contributed by atoms with E-state index in [4.69, 9.17) is 0 Å². The number of hydrogen-bond donors (Lipinski definition) is 2. The molecule has 0 aromatic carbocycles. The number of halogens is 1. The minimum Gasteiger partial charge on any atom is -0.357 e. The second-order valence-electron chi connectivity index (χ2n) is 6.62. The number of aliphatic imine (C=N–C) groups is 1. The van der Waals surface area contributed by atoms with Gasteiger partial charge < -0.3 is 15.5 Å². The molecule has 0 aromatic rings. The number of guanidine groups is 1. The van der Waals surface area contributed by atoms with Gasteiger partial charge in [-0.1, -0.05) is 0 Å². The van der Waals surface area contributed by atoms with E-state index in [9.17, 15) is 0 Å². The Bertz CT molecular complexity index is 285. The SMILES string of the molecule is CCNC(=NCCCN(C)C)NCCCN(C(C)C)C(C)C.I. The van der Waals surface area contributed by atoms with Gasteiger partial charge in [-0.25, -0.2) is 0 Å². The van der Waals surface area contributed by atoms with E-state index in [0.29, 0.717) is 12.1 Å². The zero-order chi connectivity index (χ0) is 17.0. The summed E-state index contributed by atoms with van der Waals surface area (Å²) in [5.41, 5.74) is 0. The van der Waals surface area contributed by atoms with Gasteiger partial charge >= 0.3 is 0 Å². The first-order chi connectivity index (χ1) is 10.4. The van der Waals surface area contributed by atoms with Crippen molar-refractivity contribution >= 4 is 29.9 Å². The molecule has 2 N–H and O–H groups in total. The van der Waals surface area contributed by atoms with E-state index in [0.717, 1.165) is 51.5 Å². The van der Waals surface area contributed by atoms with Gasteiger partial charge in [-0.05, 0) is 68.1 Å². The zero-order valence-electron chi connectivity index (χ0n) is 16.4. The van der Waals surface area contributed by atoms with Gasteiger partial charge in [-0.3, -0.25) is 9.89 Å². The summed E-state index contributed by atoms with van der Waals surface area (Å²) in [7, 11) is 4.20. The number of hydrogen-bond acceptors (Lipinski definition) is 3. The van der Waals surface area contributed by atoms with E-state index < -0.39 is 0 Å². The molecule has 6 heteroatoms. The van der Waals surface area contributed by atoms with Gasteiger partial charge in [0.2, 0.25) is 0 Å². The second kappa shape index (κ2) is 15.4. The van der Waals surface area contributed by atoms with Gasteiger partial charge in [0.1, 0.15) is 0 Å². The molecule has 0 heterocycles. The van der Waals surface area contributed by atoms with Crippen LogP contribution in [0.2, 0.25) is 0 Å². The van der Waals surface area contributed by atoms with Crippen LogP contribution in [0.15, 0.2) is 4.99 Å². The van der Waals surface area contributed by atoms with Crippen molar-refractivity contribution in [1.82, 2.24) is 20.4 Å². The third-order valence-electron chi connectivity index (χ3n) is 3.59. The molecule has 0 amide bonds. The van der Waals surface area contributed by atoms with E-state index in [1.165, 1.54) is 0 Å². The van der Waals surface area contributed by atoms with Crippen LogP contribution in [-0.2, 0) is 0 Å². The number of nitrogens with zero attached hydrogens (tertiary/aromatic N) is 3. The van der Waals surface area contributed by atoms with Crippen molar-refractivity contribution < 1.29 is 0 Å². The van der Waals surface area contributed by atoms with Crippen molar-refractivity contribution in [1.29, 1.82) is 0 Å². The minimum absolute atomic E-state index is 0. The molecular formula is C17H40IN5. The highest BCUT2D eigenvalue weighted by molar-refractivity contribution is 14.0. The Morgan fingerprint density at radius 2 is 1.57 bits per heavy atom. The standard InChI is InChI=1S/C17H39N5.HI/c1-8-18-17(19-11-9-13-21(6)7)20-12-10-14-22(15(2)3)16(4)5;/h15-16H,8-14H2,1-7H3,(H2,18,19,20);1H. The molecule has 0 spiro atoms. The summed E-state index contributed by atoms with van der Waals surface area (Å²) in [6.07, 6.45) is 2.23. The summed E-state index contributed by atoms with van der Waals surface area (Å²) in [5, 5.41) is 6.76. The number of rotatable bonds is 11. The van der Waals surface area contributed by atoms with Crippen LogP contribution in [-0.4, -0.2) is 74.7 Å². The Morgan fingerprint density at radius 1 is 0.957 bits per heavy atom. The Kier molecular flexibility index (Phi) is 16.9. The van der Waals surface area contributed by atoms with Gasteiger partial charge in [0.05, 0.1) is 0 Å². The van der Waals surface area contributed by atoms with E-state index in [2.05, 4.69) is 74.1 Å². The first-order valence-electron chi connectivity index (χ1n) is 8.81. The molecular weight excluding hydrogens is 401 g/mol. The summed E-state index contributed by atoms with van der Waals surface area (Å²) in [6, 6.07) is 1.21. The number of nitrogens with one attached hydrogen (secondary N) is 2. The summed E-state index contributed by atoms with van der Waals surface area (Å²) in [4.78, 5) is 9.35. The lowest BCUT2D eigenvalue weighted by molar-refractivity contribution is 0.173. The molecule has 0 aromatic heterocycles. The lowest BCUT2D eigenvalue weighted by Gasteiger charge is -2.30. The first kappa shape index (κ1) is 25.2. The molecule has 140 valence electrons. The monoisotopic (exact) mass is 441 g/mol. The van der Waals surface area contributed by atoms with E-state index in [1.54, 1.807) is 0 Å². The molecule has 0 bridgehead atoms. The largest absolute Gasteiger partial charge is 0.357 e. The Labute approximate surface area is 161 Å². The zero-order valence-corrected chi connectivity index (χ0v) is 18.7. The third kappa shape index (κ3) is 14.0. The highest BCUT2D eigenvalue weighted by Crippen LogP contribution is 2.05. The van der Waals surface area contributed by atoms with Crippen molar-refractivity contribution in [3.05, 3.63) is 0 Å². The molecule has 0 fully saturated rings. The van der Waals surface area contributed by atoms with Crippen molar-refractivity contribution in [2.45, 2.75) is 59.5 Å². The van der Waals surface area contributed by atoms with Crippen molar-refractivity contribution in [2.75, 3.05) is 46.8 Å². The van der Waals surface area contributed by atoms with E-state index in [1.807, 2.05) is 0 Å². The fourth-order valence-electron chi connectivity index (χ4n) is 2.50. The average Bonchev–Trinajstić information content (AvgIpc) is 2.41. The Hall–Kier alpha value is -0.0800. The maximum Gasteiger partial charge on any atom is 0.191 e. The first-order valence-corrected chi connectivity index (χ1v) is 8.81. The lowest BCUT2D eigenvalue weighted by atomic mass is 10.2. The molecule has 0 saturated heterocycles. The normalized spacial score (nSPS) is 12.2. The molecule has 0 aliphatic carbocycles. The molecule has 5 nitrogen and oxygen atoms in total. The van der Waals surface area contributed by atoms with Crippen LogP contribution in [0.5, 0.6) is 0 Å². The van der Waals surface area contributed by atoms with Gasteiger partial charge in [0.15, 0.2) is 5.96 Å². The molecule has 0 saturated carbocycles. The van der Waals surface area contributed by atoms with Crippen LogP contribution >= 0.6 is 24.0 Å². The Morgan fingerprint density at radius 3 is 2.04 bits per heavy atom. The predicted octanol–water partition coefficient (Wildman–Crippen LogP) is 2.62. The van der Waals surface area contributed by atoms with Gasteiger partial charge in [0.25, 0.3) is 0 Å². The molecule has 0 radical (unpaired) electrons. The van der Waals surface area contributed by atoms with Crippen LogP contribution in [0.4, 0.5) is 0 Å². The summed E-state index contributed by atoms with van der Waals surface area (Å²) < 4.78 is 0. The topological polar surface area (TPSA) is 42.9 Å². The molecule has 0 aliphatic rings. The molecule has 23 heavy (non-hydrogen) atoms. The van der Waals surface area contributed by atoms with Crippen molar-refractivity contribution in [3.63, 3.8) is 0 Å². The van der Waals surface area contributed by atoms with Crippen molar-refractivity contribution in [3.8, 4) is 0 Å². The van der Waals surface area contributed by atoms with Gasteiger partial charge in [-0.15, -0.1) is 24.0 Å². The lowest BCUT2D eigenvalue weighted by Crippen LogP contribution is -2.41. The maximum absolute atomic E-state index is 4.63. The molecule has 0 atom stereocenters. The quantitative estimate of drug-likeness (QED) is 0.224. The maximum atomic E-state index is 4.63. The van der Waals surface area contributed by atoms with Crippen LogP contribution in [0.3, 0.4) is 0 Å². The molecule has 0 unspecified atom stereocenters. The van der Waals surface area contributed by atoms with E-state index in [-0.39, 0.29) is 24.0 Å².